The molecule has 7 nitrogen and oxygen atoms in total. The lowest BCUT2D eigenvalue weighted by Crippen LogP contribution is -2.09. The van der Waals surface area contributed by atoms with Gasteiger partial charge in [0.15, 0.2) is 0 Å². The van der Waals surface area contributed by atoms with Crippen molar-refractivity contribution in [3.63, 3.8) is 0 Å². The van der Waals surface area contributed by atoms with Gasteiger partial charge in [0, 0.05) is 36.1 Å². The van der Waals surface area contributed by atoms with Gasteiger partial charge in [0.25, 0.3) is 0 Å². The van der Waals surface area contributed by atoms with Crippen LogP contribution in [0.1, 0.15) is 18.2 Å². The zero-order valence-corrected chi connectivity index (χ0v) is 19.7. The van der Waals surface area contributed by atoms with E-state index >= 15 is 0 Å². The quantitative estimate of drug-likeness (QED) is 0.327. The van der Waals surface area contributed by atoms with Crippen molar-refractivity contribution in [2.24, 2.45) is 7.05 Å². The van der Waals surface area contributed by atoms with E-state index in [1.165, 1.54) is 12.1 Å². The van der Waals surface area contributed by atoms with Crippen LogP contribution in [-0.4, -0.2) is 36.7 Å². The van der Waals surface area contributed by atoms with Gasteiger partial charge in [0.1, 0.15) is 11.5 Å². The van der Waals surface area contributed by atoms with Gasteiger partial charge >= 0.3 is 5.97 Å². The van der Waals surface area contributed by atoms with Crippen LogP contribution in [0.25, 0.3) is 39.3 Å². The molecule has 35 heavy (non-hydrogen) atoms. The van der Waals surface area contributed by atoms with Gasteiger partial charge in [-0.2, -0.15) is 5.10 Å². The number of benzene rings is 1. The molecule has 0 amide bonds. The first-order chi connectivity index (χ1) is 16.9. The van der Waals surface area contributed by atoms with Crippen molar-refractivity contribution < 1.29 is 13.9 Å². The van der Waals surface area contributed by atoms with Crippen molar-refractivity contribution in [3.05, 3.63) is 84.3 Å². The molecular formula is C27H24FN5O2. The third-order valence-corrected chi connectivity index (χ3v) is 5.82. The maximum absolute atomic E-state index is 13.7. The lowest BCUT2D eigenvalue weighted by Gasteiger charge is -2.11. The van der Waals surface area contributed by atoms with Crippen LogP contribution in [-0.2, 0) is 23.0 Å². The normalized spacial score (nSPS) is 11.2. The van der Waals surface area contributed by atoms with Crippen LogP contribution in [0, 0.1) is 12.7 Å². The van der Waals surface area contributed by atoms with Crippen LogP contribution in [0.3, 0.4) is 0 Å². The van der Waals surface area contributed by atoms with E-state index in [0.717, 1.165) is 39.2 Å². The molecule has 0 saturated carbocycles. The van der Waals surface area contributed by atoms with Gasteiger partial charge < -0.3 is 4.74 Å². The van der Waals surface area contributed by atoms with Crippen LogP contribution >= 0.6 is 0 Å². The molecule has 0 aliphatic heterocycles. The maximum atomic E-state index is 13.7. The first-order valence-corrected chi connectivity index (χ1v) is 11.3. The molecular weight excluding hydrogens is 445 g/mol. The number of hydrogen-bond donors (Lipinski definition) is 0. The van der Waals surface area contributed by atoms with Crippen molar-refractivity contribution >= 4 is 11.6 Å². The van der Waals surface area contributed by atoms with Gasteiger partial charge in [-0.25, -0.2) is 9.37 Å². The van der Waals surface area contributed by atoms with E-state index < -0.39 is 0 Å². The van der Waals surface area contributed by atoms with E-state index in [9.17, 15) is 9.18 Å². The molecule has 8 heteroatoms. The van der Waals surface area contributed by atoms with Gasteiger partial charge in [0.2, 0.25) is 0 Å². The maximum Gasteiger partial charge on any atom is 0.311 e. The average molecular weight is 470 g/mol. The molecule has 0 fully saturated rings. The summed E-state index contributed by atoms with van der Waals surface area (Å²) in [5.74, 6) is -0.654. The minimum absolute atomic E-state index is 0.0385. The Bertz CT molecular complexity index is 1550. The number of fused-ring (bicyclic) bond motifs is 1. The molecule has 0 aliphatic carbocycles. The Morgan fingerprint density at radius 2 is 1.91 bits per heavy atom. The number of carbonyl (C=O) groups is 1. The Balaban J connectivity index is 1.61. The SMILES string of the molecule is CCOC(=O)Cc1cc(-c2cnc3cc(-c4cnn(C)c4)ccn23)cc(-c2ccc(F)cc2C)n1. The summed E-state index contributed by atoms with van der Waals surface area (Å²) in [6.45, 7) is 3.91. The Hall–Kier alpha value is -4.33. The number of carbonyl (C=O) groups excluding carboxylic acids is 1. The summed E-state index contributed by atoms with van der Waals surface area (Å²) < 4.78 is 22.6. The van der Waals surface area contributed by atoms with Crippen LogP contribution in [0.5, 0.6) is 0 Å². The Morgan fingerprint density at radius 3 is 2.66 bits per heavy atom. The average Bonchev–Trinajstić information content (AvgIpc) is 3.44. The van der Waals surface area contributed by atoms with E-state index in [-0.39, 0.29) is 18.2 Å². The van der Waals surface area contributed by atoms with Gasteiger partial charge in [-0.3, -0.25) is 18.9 Å². The van der Waals surface area contributed by atoms with Crippen LogP contribution < -0.4 is 0 Å². The largest absolute Gasteiger partial charge is 0.466 e. The summed E-state index contributed by atoms with van der Waals surface area (Å²) in [5, 5.41) is 4.24. The van der Waals surface area contributed by atoms with E-state index in [0.29, 0.717) is 18.0 Å². The van der Waals surface area contributed by atoms with Crippen molar-refractivity contribution in [1.29, 1.82) is 0 Å². The molecule has 5 aromatic rings. The number of rotatable bonds is 6. The van der Waals surface area contributed by atoms with Gasteiger partial charge in [-0.05, 0) is 67.4 Å². The second kappa shape index (κ2) is 9.13. The van der Waals surface area contributed by atoms with Crippen molar-refractivity contribution in [1.82, 2.24) is 24.1 Å². The Morgan fingerprint density at radius 1 is 1.06 bits per heavy atom. The summed E-state index contributed by atoms with van der Waals surface area (Å²) in [4.78, 5) is 21.5. The lowest BCUT2D eigenvalue weighted by atomic mass is 10.0. The molecule has 0 radical (unpaired) electrons. The van der Waals surface area contributed by atoms with Crippen molar-refractivity contribution in [3.8, 4) is 33.6 Å². The molecule has 0 aliphatic rings. The highest BCUT2D eigenvalue weighted by molar-refractivity contribution is 5.77. The molecule has 0 atom stereocenters. The van der Waals surface area contributed by atoms with Crippen molar-refractivity contribution in [2.45, 2.75) is 20.3 Å². The molecule has 0 saturated heterocycles. The number of halogens is 1. The molecule has 4 aromatic heterocycles. The first kappa shape index (κ1) is 22.5. The van der Waals surface area contributed by atoms with E-state index in [1.807, 2.05) is 61.2 Å². The smallest absolute Gasteiger partial charge is 0.311 e. The second-order valence-corrected chi connectivity index (χ2v) is 8.36. The molecule has 0 unspecified atom stereocenters. The van der Waals surface area contributed by atoms with Gasteiger partial charge in [-0.1, -0.05) is 0 Å². The highest BCUT2D eigenvalue weighted by atomic mass is 19.1. The fourth-order valence-corrected chi connectivity index (χ4v) is 4.18. The highest BCUT2D eigenvalue weighted by Gasteiger charge is 2.15. The number of aryl methyl sites for hydroxylation is 2. The summed E-state index contributed by atoms with van der Waals surface area (Å²) in [6.07, 6.45) is 7.58. The van der Waals surface area contributed by atoms with Crippen LogP contribution in [0.2, 0.25) is 0 Å². The van der Waals surface area contributed by atoms with Crippen LogP contribution in [0.15, 0.2) is 67.3 Å². The third kappa shape index (κ3) is 4.55. The summed E-state index contributed by atoms with van der Waals surface area (Å²) in [6, 6.07) is 12.4. The molecule has 0 N–H and O–H groups in total. The van der Waals surface area contributed by atoms with Gasteiger partial charge in [-0.15, -0.1) is 0 Å². The predicted molar refractivity (Wildman–Crippen MR) is 131 cm³/mol. The monoisotopic (exact) mass is 469 g/mol. The Labute approximate surface area is 201 Å². The summed E-state index contributed by atoms with van der Waals surface area (Å²) in [5.41, 5.74) is 7.29. The zero-order valence-electron chi connectivity index (χ0n) is 19.7. The fraction of sp³-hybridized carbons (Fsp3) is 0.185. The third-order valence-electron chi connectivity index (χ3n) is 5.82. The fourth-order valence-electron chi connectivity index (χ4n) is 4.18. The number of nitrogens with zero attached hydrogens (tertiary/aromatic N) is 5. The molecule has 4 heterocycles. The number of esters is 1. The van der Waals surface area contributed by atoms with E-state index in [2.05, 4.69) is 10.1 Å². The number of aromatic nitrogens is 5. The van der Waals surface area contributed by atoms with Crippen molar-refractivity contribution in [2.75, 3.05) is 6.61 Å². The number of imidazole rings is 1. The minimum Gasteiger partial charge on any atom is -0.466 e. The molecule has 0 bridgehead atoms. The number of ether oxygens (including phenoxy) is 1. The predicted octanol–water partition coefficient (Wildman–Crippen LogP) is 5.02. The number of pyridine rings is 2. The van der Waals surface area contributed by atoms with E-state index in [1.54, 1.807) is 23.9 Å². The molecule has 0 spiro atoms. The molecule has 1 aromatic carbocycles. The lowest BCUT2D eigenvalue weighted by molar-refractivity contribution is -0.142. The topological polar surface area (TPSA) is 74.3 Å². The zero-order chi connectivity index (χ0) is 24.5. The summed E-state index contributed by atoms with van der Waals surface area (Å²) >= 11 is 0. The number of hydrogen-bond acceptors (Lipinski definition) is 5. The van der Waals surface area contributed by atoms with E-state index in [4.69, 9.17) is 9.72 Å². The van der Waals surface area contributed by atoms with Crippen LogP contribution in [0.4, 0.5) is 4.39 Å². The molecule has 5 rings (SSSR count). The summed E-state index contributed by atoms with van der Waals surface area (Å²) in [7, 11) is 1.88. The van der Waals surface area contributed by atoms with Gasteiger partial charge in [0.05, 0.1) is 42.5 Å². The Kier molecular flexibility index (Phi) is 5.86. The second-order valence-electron chi connectivity index (χ2n) is 8.36. The standard InChI is InChI=1S/C27H24FN5O2/c1-4-35-27(34)13-22-10-19(11-24(31-22)23-6-5-21(28)9-17(23)2)25-15-29-26-12-18(7-8-33(25)26)20-14-30-32(3)16-20/h5-12,14-16H,4,13H2,1-3H3. The minimum atomic E-state index is -0.349. The highest BCUT2D eigenvalue weighted by Crippen LogP contribution is 2.30. The first-order valence-electron chi connectivity index (χ1n) is 11.3. The molecule has 176 valence electrons.